The highest BCUT2D eigenvalue weighted by molar-refractivity contribution is 6.31. The SMILES string of the molecule is N#Cc1nc(C(=O)N2CCc3c(CC(N)=O)cccc3C2)ccc1Cl. The van der Waals surface area contributed by atoms with Gasteiger partial charge in [0, 0.05) is 13.1 Å². The van der Waals surface area contributed by atoms with E-state index in [1.165, 1.54) is 12.1 Å². The Bertz CT molecular complexity index is 904. The third kappa shape index (κ3) is 3.47. The first kappa shape index (κ1) is 16.9. The molecule has 126 valence electrons. The van der Waals surface area contributed by atoms with Gasteiger partial charge in [-0.3, -0.25) is 9.59 Å². The molecule has 0 aliphatic carbocycles. The Kier molecular flexibility index (Phi) is 4.68. The van der Waals surface area contributed by atoms with Gasteiger partial charge in [-0.05, 0) is 35.2 Å². The van der Waals surface area contributed by atoms with Gasteiger partial charge in [0.15, 0.2) is 5.69 Å². The van der Waals surface area contributed by atoms with Crippen molar-refractivity contribution in [2.45, 2.75) is 19.4 Å². The van der Waals surface area contributed by atoms with E-state index in [1.807, 2.05) is 24.3 Å². The van der Waals surface area contributed by atoms with Crippen molar-refractivity contribution in [1.82, 2.24) is 9.88 Å². The summed E-state index contributed by atoms with van der Waals surface area (Å²) in [5.41, 5.74) is 8.51. The molecule has 0 saturated carbocycles. The molecule has 0 fully saturated rings. The summed E-state index contributed by atoms with van der Waals surface area (Å²) in [7, 11) is 0. The van der Waals surface area contributed by atoms with Gasteiger partial charge in [-0.15, -0.1) is 0 Å². The number of primary amides is 1. The van der Waals surface area contributed by atoms with Crippen LogP contribution in [0.3, 0.4) is 0 Å². The molecular formula is C18H15ClN4O2. The predicted octanol–water partition coefficient (Wildman–Crippen LogP) is 1.83. The number of hydrogen-bond donors (Lipinski definition) is 1. The molecule has 6 nitrogen and oxygen atoms in total. The van der Waals surface area contributed by atoms with E-state index in [1.54, 1.807) is 4.90 Å². The summed E-state index contributed by atoms with van der Waals surface area (Å²) in [6, 6.07) is 10.6. The Balaban J connectivity index is 1.84. The number of rotatable bonds is 3. The topological polar surface area (TPSA) is 100 Å². The zero-order chi connectivity index (χ0) is 18.0. The number of hydrogen-bond acceptors (Lipinski definition) is 4. The molecule has 0 atom stereocenters. The molecule has 7 heteroatoms. The summed E-state index contributed by atoms with van der Waals surface area (Å²) in [5.74, 6) is -0.625. The predicted molar refractivity (Wildman–Crippen MR) is 91.7 cm³/mol. The molecule has 1 aromatic carbocycles. The summed E-state index contributed by atoms with van der Waals surface area (Å²) in [5, 5.41) is 9.23. The van der Waals surface area contributed by atoms with Gasteiger partial charge in [0.2, 0.25) is 5.91 Å². The first-order chi connectivity index (χ1) is 12.0. The molecule has 2 amide bonds. The van der Waals surface area contributed by atoms with E-state index in [2.05, 4.69) is 4.98 Å². The van der Waals surface area contributed by atoms with E-state index >= 15 is 0 Å². The van der Waals surface area contributed by atoms with Crippen LogP contribution in [0.15, 0.2) is 30.3 Å². The molecule has 2 heterocycles. The summed E-state index contributed by atoms with van der Waals surface area (Å²) in [6.07, 6.45) is 0.838. The summed E-state index contributed by atoms with van der Waals surface area (Å²) < 4.78 is 0. The lowest BCUT2D eigenvalue weighted by Gasteiger charge is -2.30. The number of carbonyl (C=O) groups is 2. The molecule has 2 N–H and O–H groups in total. The molecule has 0 bridgehead atoms. The second kappa shape index (κ2) is 6.91. The minimum Gasteiger partial charge on any atom is -0.369 e. The van der Waals surface area contributed by atoms with E-state index in [4.69, 9.17) is 22.6 Å². The monoisotopic (exact) mass is 354 g/mol. The number of benzene rings is 1. The van der Waals surface area contributed by atoms with Crippen molar-refractivity contribution in [3.05, 3.63) is 63.4 Å². The van der Waals surface area contributed by atoms with Gasteiger partial charge in [0.05, 0.1) is 11.4 Å². The fraction of sp³-hybridized carbons (Fsp3) is 0.222. The number of halogens is 1. The van der Waals surface area contributed by atoms with Gasteiger partial charge in [0.1, 0.15) is 11.8 Å². The second-order valence-corrected chi connectivity index (χ2v) is 6.22. The lowest BCUT2D eigenvalue weighted by Crippen LogP contribution is -2.37. The van der Waals surface area contributed by atoms with Gasteiger partial charge in [-0.25, -0.2) is 4.98 Å². The number of nitrogens with zero attached hydrogens (tertiary/aromatic N) is 3. The van der Waals surface area contributed by atoms with E-state index < -0.39 is 0 Å². The number of aromatic nitrogens is 1. The van der Waals surface area contributed by atoms with Crippen molar-refractivity contribution in [2.75, 3.05) is 6.54 Å². The number of fused-ring (bicyclic) bond motifs is 1. The van der Waals surface area contributed by atoms with Crippen LogP contribution in [-0.2, 0) is 24.2 Å². The minimum atomic E-state index is -0.374. The average Bonchev–Trinajstić information content (AvgIpc) is 2.61. The first-order valence-electron chi connectivity index (χ1n) is 7.73. The van der Waals surface area contributed by atoms with Gasteiger partial charge in [-0.1, -0.05) is 29.8 Å². The molecule has 0 radical (unpaired) electrons. The molecule has 2 aromatic rings. The van der Waals surface area contributed by atoms with Crippen LogP contribution < -0.4 is 5.73 Å². The Morgan fingerprint density at radius 1 is 1.32 bits per heavy atom. The maximum atomic E-state index is 12.7. The third-order valence-corrected chi connectivity index (χ3v) is 4.49. The normalized spacial score (nSPS) is 13.0. The fourth-order valence-electron chi connectivity index (χ4n) is 3.02. The van der Waals surface area contributed by atoms with Crippen LogP contribution in [0, 0.1) is 11.3 Å². The molecule has 1 aliphatic heterocycles. The molecule has 3 rings (SSSR count). The first-order valence-corrected chi connectivity index (χ1v) is 8.11. The van der Waals surface area contributed by atoms with Crippen LogP contribution in [0.25, 0.3) is 0 Å². The lowest BCUT2D eigenvalue weighted by atomic mass is 9.92. The molecule has 0 spiro atoms. The van der Waals surface area contributed by atoms with Gasteiger partial charge in [-0.2, -0.15) is 5.26 Å². The Morgan fingerprint density at radius 3 is 2.84 bits per heavy atom. The standard InChI is InChI=1S/C18H15ClN4O2/c19-14-4-5-15(22-16(14)9-20)18(25)23-7-6-13-11(8-17(21)24)2-1-3-12(13)10-23/h1-5H,6-8,10H2,(H2,21,24). The molecule has 0 unspecified atom stereocenters. The molecule has 1 aromatic heterocycles. The highest BCUT2D eigenvalue weighted by Crippen LogP contribution is 2.24. The van der Waals surface area contributed by atoms with E-state index in [9.17, 15) is 9.59 Å². The van der Waals surface area contributed by atoms with Crippen LogP contribution in [0.2, 0.25) is 5.02 Å². The van der Waals surface area contributed by atoms with Crippen LogP contribution in [0.5, 0.6) is 0 Å². The molecule has 25 heavy (non-hydrogen) atoms. The van der Waals surface area contributed by atoms with Crippen LogP contribution in [0.4, 0.5) is 0 Å². The Labute approximate surface area is 149 Å². The van der Waals surface area contributed by atoms with Crippen molar-refractivity contribution in [2.24, 2.45) is 5.73 Å². The quantitative estimate of drug-likeness (QED) is 0.908. The molecule has 1 aliphatic rings. The van der Waals surface area contributed by atoms with Crippen molar-refractivity contribution in [3.63, 3.8) is 0 Å². The fourth-order valence-corrected chi connectivity index (χ4v) is 3.16. The molecule has 0 saturated heterocycles. The van der Waals surface area contributed by atoms with Crippen molar-refractivity contribution >= 4 is 23.4 Å². The smallest absolute Gasteiger partial charge is 0.272 e. The van der Waals surface area contributed by atoms with Gasteiger partial charge >= 0.3 is 0 Å². The highest BCUT2D eigenvalue weighted by Gasteiger charge is 2.24. The number of amides is 2. The van der Waals surface area contributed by atoms with Gasteiger partial charge in [0.25, 0.3) is 5.91 Å². The van der Waals surface area contributed by atoms with Crippen LogP contribution >= 0.6 is 11.6 Å². The summed E-state index contributed by atoms with van der Waals surface area (Å²) >= 11 is 5.87. The minimum absolute atomic E-state index is 0.0358. The highest BCUT2D eigenvalue weighted by atomic mass is 35.5. The van der Waals surface area contributed by atoms with Crippen molar-refractivity contribution in [1.29, 1.82) is 5.26 Å². The third-order valence-electron chi connectivity index (χ3n) is 4.19. The second-order valence-electron chi connectivity index (χ2n) is 5.81. The average molecular weight is 355 g/mol. The van der Waals surface area contributed by atoms with Crippen molar-refractivity contribution < 1.29 is 9.59 Å². The number of pyridine rings is 1. The zero-order valence-corrected chi connectivity index (χ0v) is 14.1. The Morgan fingerprint density at radius 2 is 2.12 bits per heavy atom. The number of nitriles is 1. The zero-order valence-electron chi connectivity index (χ0n) is 13.3. The number of nitrogens with two attached hydrogens (primary N) is 1. The summed E-state index contributed by atoms with van der Waals surface area (Å²) in [6.45, 7) is 0.931. The maximum Gasteiger partial charge on any atom is 0.272 e. The van der Waals surface area contributed by atoms with Gasteiger partial charge < -0.3 is 10.6 Å². The van der Waals surface area contributed by atoms with Crippen molar-refractivity contribution in [3.8, 4) is 6.07 Å². The van der Waals surface area contributed by atoms with E-state index in [0.29, 0.717) is 19.5 Å². The van der Waals surface area contributed by atoms with E-state index in [0.717, 1.165) is 16.7 Å². The largest absolute Gasteiger partial charge is 0.369 e. The van der Waals surface area contributed by atoms with Crippen LogP contribution in [0.1, 0.15) is 32.9 Å². The lowest BCUT2D eigenvalue weighted by molar-refractivity contribution is -0.117. The number of carbonyl (C=O) groups excluding carboxylic acids is 2. The van der Waals surface area contributed by atoms with Crippen LogP contribution in [-0.4, -0.2) is 28.2 Å². The summed E-state index contributed by atoms with van der Waals surface area (Å²) in [4.78, 5) is 29.6. The van der Waals surface area contributed by atoms with E-state index in [-0.39, 0.29) is 34.6 Å². The Hall–Kier alpha value is -2.91. The maximum absolute atomic E-state index is 12.7. The molecular weight excluding hydrogens is 340 g/mol.